The summed E-state index contributed by atoms with van der Waals surface area (Å²) in [4.78, 5) is 0. The molecule has 18 heavy (non-hydrogen) atoms. The molecule has 1 aromatic carbocycles. The van der Waals surface area contributed by atoms with Crippen molar-refractivity contribution in [2.45, 2.75) is 37.8 Å². The lowest BCUT2D eigenvalue weighted by atomic mass is 9.91. The Kier molecular flexibility index (Phi) is 3.11. The summed E-state index contributed by atoms with van der Waals surface area (Å²) in [6.45, 7) is 0. The molecule has 0 bridgehead atoms. The molecule has 0 radical (unpaired) electrons. The summed E-state index contributed by atoms with van der Waals surface area (Å²) in [7, 11) is 0. The van der Waals surface area contributed by atoms with Crippen LogP contribution in [0.5, 0.6) is 0 Å². The summed E-state index contributed by atoms with van der Waals surface area (Å²) in [6, 6.07) is 8.70. The van der Waals surface area contributed by atoms with E-state index in [1.54, 1.807) is 6.20 Å². The molecule has 1 fully saturated rings. The standard InChI is InChI=1S/C14H18N4/c15-12-7-3-4-8-13(12)17-14-11-6-2-1-5-10(11)9-16-18-14/h1-2,5-6,9,12-13H,3-4,7-8,15H2,(H,17,18)/t12-,13-/m1/s1. The maximum Gasteiger partial charge on any atom is 0.156 e. The van der Waals surface area contributed by atoms with Gasteiger partial charge in [-0.2, -0.15) is 5.10 Å². The normalized spacial score (nSPS) is 24.1. The first-order valence-corrected chi connectivity index (χ1v) is 6.57. The summed E-state index contributed by atoms with van der Waals surface area (Å²) in [5, 5.41) is 14.0. The second-order valence-electron chi connectivity index (χ2n) is 4.98. The Morgan fingerprint density at radius 1 is 1.17 bits per heavy atom. The SMILES string of the molecule is N[C@@H]1CCCC[C@H]1Nc1nncc2ccccc12. The van der Waals surface area contributed by atoms with E-state index in [1.807, 2.05) is 12.1 Å². The number of hydrogen-bond acceptors (Lipinski definition) is 4. The molecule has 3 N–H and O–H groups in total. The molecule has 4 heteroatoms. The minimum Gasteiger partial charge on any atom is -0.364 e. The smallest absolute Gasteiger partial charge is 0.156 e. The highest BCUT2D eigenvalue weighted by molar-refractivity contribution is 5.90. The Bertz CT molecular complexity index is 535. The van der Waals surface area contributed by atoms with Gasteiger partial charge in [-0.1, -0.05) is 37.1 Å². The summed E-state index contributed by atoms with van der Waals surface area (Å²) < 4.78 is 0. The molecule has 0 aliphatic heterocycles. The molecular formula is C14H18N4. The third kappa shape index (κ3) is 2.16. The van der Waals surface area contributed by atoms with Crippen molar-refractivity contribution >= 4 is 16.6 Å². The van der Waals surface area contributed by atoms with Crippen molar-refractivity contribution in [1.29, 1.82) is 0 Å². The fraction of sp³-hybridized carbons (Fsp3) is 0.429. The van der Waals surface area contributed by atoms with E-state index in [4.69, 9.17) is 5.73 Å². The number of hydrogen-bond donors (Lipinski definition) is 2. The van der Waals surface area contributed by atoms with Gasteiger partial charge < -0.3 is 11.1 Å². The third-order valence-electron chi connectivity index (χ3n) is 3.71. The number of fused-ring (bicyclic) bond motifs is 1. The van der Waals surface area contributed by atoms with Crippen LogP contribution in [0.4, 0.5) is 5.82 Å². The predicted octanol–water partition coefficient (Wildman–Crippen LogP) is 2.31. The van der Waals surface area contributed by atoms with Crippen molar-refractivity contribution in [2.75, 3.05) is 5.32 Å². The third-order valence-corrected chi connectivity index (χ3v) is 3.71. The van der Waals surface area contributed by atoms with Gasteiger partial charge in [0, 0.05) is 22.9 Å². The number of aromatic nitrogens is 2. The molecule has 94 valence electrons. The van der Waals surface area contributed by atoms with E-state index < -0.39 is 0 Å². The second kappa shape index (κ2) is 4.90. The molecule has 2 aromatic rings. The molecule has 0 spiro atoms. The molecule has 1 heterocycles. The highest BCUT2D eigenvalue weighted by Gasteiger charge is 2.22. The minimum absolute atomic E-state index is 0.222. The maximum atomic E-state index is 6.16. The van der Waals surface area contributed by atoms with Crippen LogP contribution >= 0.6 is 0 Å². The van der Waals surface area contributed by atoms with Gasteiger partial charge >= 0.3 is 0 Å². The molecule has 1 aromatic heterocycles. The number of nitrogens with zero attached hydrogens (tertiary/aromatic N) is 2. The molecule has 0 unspecified atom stereocenters. The average molecular weight is 242 g/mol. The average Bonchev–Trinajstić information content (AvgIpc) is 2.42. The fourth-order valence-corrected chi connectivity index (χ4v) is 2.65. The van der Waals surface area contributed by atoms with Crippen molar-refractivity contribution in [2.24, 2.45) is 5.73 Å². The van der Waals surface area contributed by atoms with Crippen molar-refractivity contribution in [3.8, 4) is 0 Å². The van der Waals surface area contributed by atoms with E-state index in [1.165, 1.54) is 12.8 Å². The fourth-order valence-electron chi connectivity index (χ4n) is 2.65. The largest absolute Gasteiger partial charge is 0.364 e. The van der Waals surface area contributed by atoms with E-state index in [-0.39, 0.29) is 6.04 Å². The van der Waals surface area contributed by atoms with E-state index in [9.17, 15) is 0 Å². The van der Waals surface area contributed by atoms with Gasteiger partial charge in [0.25, 0.3) is 0 Å². The Labute approximate surface area is 107 Å². The predicted molar refractivity (Wildman–Crippen MR) is 73.4 cm³/mol. The van der Waals surface area contributed by atoms with Crippen molar-refractivity contribution in [1.82, 2.24) is 10.2 Å². The highest BCUT2D eigenvalue weighted by Crippen LogP contribution is 2.24. The number of nitrogens with two attached hydrogens (primary N) is 1. The Balaban J connectivity index is 1.90. The summed E-state index contributed by atoms with van der Waals surface area (Å²) in [5.74, 6) is 0.857. The van der Waals surface area contributed by atoms with E-state index in [0.717, 1.165) is 29.4 Å². The zero-order chi connectivity index (χ0) is 12.4. The zero-order valence-electron chi connectivity index (χ0n) is 10.3. The molecule has 2 atom stereocenters. The summed E-state index contributed by atoms with van der Waals surface area (Å²) in [5.41, 5.74) is 6.16. The van der Waals surface area contributed by atoms with Crippen LogP contribution in [0, 0.1) is 0 Å². The van der Waals surface area contributed by atoms with Crippen molar-refractivity contribution < 1.29 is 0 Å². The van der Waals surface area contributed by atoms with Gasteiger partial charge in [0.1, 0.15) is 0 Å². The van der Waals surface area contributed by atoms with Crippen LogP contribution in [0.2, 0.25) is 0 Å². The number of benzene rings is 1. The molecule has 1 saturated carbocycles. The molecule has 1 aliphatic rings. The van der Waals surface area contributed by atoms with E-state index >= 15 is 0 Å². The summed E-state index contributed by atoms with van der Waals surface area (Å²) in [6.07, 6.45) is 6.48. The van der Waals surface area contributed by atoms with Crippen LogP contribution in [-0.2, 0) is 0 Å². The highest BCUT2D eigenvalue weighted by atomic mass is 15.2. The van der Waals surface area contributed by atoms with E-state index in [0.29, 0.717) is 6.04 Å². The zero-order valence-corrected chi connectivity index (χ0v) is 10.3. The second-order valence-corrected chi connectivity index (χ2v) is 4.98. The van der Waals surface area contributed by atoms with Gasteiger partial charge in [-0.3, -0.25) is 0 Å². The van der Waals surface area contributed by atoms with Gasteiger partial charge in [0.05, 0.1) is 6.20 Å². The molecule has 0 saturated heterocycles. The van der Waals surface area contributed by atoms with Gasteiger partial charge in [0.15, 0.2) is 5.82 Å². The minimum atomic E-state index is 0.222. The van der Waals surface area contributed by atoms with Gasteiger partial charge in [-0.05, 0) is 12.8 Å². The lowest BCUT2D eigenvalue weighted by Crippen LogP contribution is -2.42. The van der Waals surface area contributed by atoms with Gasteiger partial charge in [-0.15, -0.1) is 5.10 Å². The Hall–Kier alpha value is -1.68. The Morgan fingerprint density at radius 2 is 2.00 bits per heavy atom. The number of anilines is 1. The molecule has 3 rings (SSSR count). The number of nitrogens with one attached hydrogen (secondary N) is 1. The Morgan fingerprint density at radius 3 is 2.89 bits per heavy atom. The topological polar surface area (TPSA) is 63.8 Å². The number of rotatable bonds is 2. The van der Waals surface area contributed by atoms with Crippen molar-refractivity contribution in [3.05, 3.63) is 30.5 Å². The first-order valence-electron chi connectivity index (χ1n) is 6.57. The molecular weight excluding hydrogens is 224 g/mol. The summed E-state index contributed by atoms with van der Waals surface area (Å²) >= 11 is 0. The lowest BCUT2D eigenvalue weighted by Gasteiger charge is -2.29. The van der Waals surface area contributed by atoms with Crippen LogP contribution in [0.15, 0.2) is 30.5 Å². The molecule has 0 amide bonds. The van der Waals surface area contributed by atoms with Crippen LogP contribution in [0.3, 0.4) is 0 Å². The van der Waals surface area contributed by atoms with Crippen LogP contribution < -0.4 is 11.1 Å². The molecule has 4 nitrogen and oxygen atoms in total. The maximum absolute atomic E-state index is 6.16. The quantitative estimate of drug-likeness (QED) is 0.848. The first kappa shape index (κ1) is 11.4. The van der Waals surface area contributed by atoms with Crippen LogP contribution in [0.1, 0.15) is 25.7 Å². The monoisotopic (exact) mass is 242 g/mol. The van der Waals surface area contributed by atoms with Crippen LogP contribution in [-0.4, -0.2) is 22.3 Å². The first-order chi connectivity index (χ1) is 8.84. The van der Waals surface area contributed by atoms with Crippen molar-refractivity contribution in [3.63, 3.8) is 0 Å². The van der Waals surface area contributed by atoms with Crippen LogP contribution in [0.25, 0.3) is 10.8 Å². The molecule has 1 aliphatic carbocycles. The van der Waals surface area contributed by atoms with Gasteiger partial charge in [-0.25, -0.2) is 0 Å². The van der Waals surface area contributed by atoms with Gasteiger partial charge in [0.2, 0.25) is 0 Å². The van der Waals surface area contributed by atoms with E-state index in [2.05, 4.69) is 27.6 Å². The lowest BCUT2D eigenvalue weighted by molar-refractivity contribution is 0.403.